The molecular weight excluding hydrogens is 386 g/mol. The fourth-order valence-electron chi connectivity index (χ4n) is 3.50. The van der Waals surface area contributed by atoms with Gasteiger partial charge in [-0.2, -0.15) is 4.68 Å². The fourth-order valence-corrected chi connectivity index (χ4v) is 3.73. The third-order valence-electron chi connectivity index (χ3n) is 4.90. The highest BCUT2D eigenvalue weighted by Gasteiger charge is 2.22. The molecule has 1 amide bonds. The van der Waals surface area contributed by atoms with E-state index in [0.717, 1.165) is 37.4 Å². The van der Waals surface area contributed by atoms with Crippen molar-refractivity contribution in [2.45, 2.75) is 46.8 Å². The molecule has 0 aliphatic carbocycles. The molecule has 1 N–H and O–H groups in total. The van der Waals surface area contributed by atoms with Gasteiger partial charge in [-0.25, -0.2) is 4.68 Å². The second-order valence-electron chi connectivity index (χ2n) is 8.80. The van der Waals surface area contributed by atoms with Gasteiger partial charge in [-0.3, -0.25) is 14.6 Å². The van der Waals surface area contributed by atoms with Gasteiger partial charge in [0.25, 0.3) is 0 Å². The Labute approximate surface area is 177 Å². The van der Waals surface area contributed by atoms with E-state index in [-0.39, 0.29) is 11.4 Å². The summed E-state index contributed by atoms with van der Waals surface area (Å²) >= 11 is 5.61. The molecule has 9 heteroatoms. The van der Waals surface area contributed by atoms with Crippen molar-refractivity contribution in [3.05, 3.63) is 34.1 Å². The van der Waals surface area contributed by atoms with E-state index in [1.54, 1.807) is 9.36 Å². The molecular formula is C20H31N7OS. The number of aryl methyl sites for hydroxylation is 2. The van der Waals surface area contributed by atoms with Crippen LogP contribution in [0.2, 0.25) is 0 Å². The van der Waals surface area contributed by atoms with Gasteiger partial charge in [0.05, 0.1) is 18.9 Å². The number of tetrazole rings is 1. The number of benzene rings is 1. The maximum atomic E-state index is 12.1. The van der Waals surface area contributed by atoms with Crippen LogP contribution in [0.15, 0.2) is 18.2 Å². The first-order chi connectivity index (χ1) is 13.6. The normalized spacial score (nSPS) is 16.2. The Morgan fingerprint density at radius 1 is 1.10 bits per heavy atom. The Kier molecular flexibility index (Phi) is 6.50. The van der Waals surface area contributed by atoms with Crippen molar-refractivity contribution >= 4 is 18.1 Å². The van der Waals surface area contributed by atoms with Gasteiger partial charge in [0.2, 0.25) is 10.7 Å². The summed E-state index contributed by atoms with van der Waals surface area (Å²) in [6.45, 7) is 14.6. The van der Waals surface area contributed by atoms with E-state index >= 15 is 0 Å². The maximum absolute atomic E-state index is 12.1. The summed E-state index contributed by atoms with van der Waals surface area (Å²) in [5.74, 6) is 0.0737. The van der Waals surface area contributed by atoms with Crippen LogP contribution < -0.4 is 5.32 Å². The zero-order valence-corrected chi connectivity index (χ0v) is 18.8. The molecule has 0 radical (unpaired) electrons. The lowest BCUT2D eigenvalue weighted by atomic mass is 10.1. The summed E-state index contributed by atoms with van der Waals surface area (Å²) in [4.78, 5) is 16.6. The third-order valence-corrected chi connectivity index (χ3v) is 5.28. The first kappa shape index (κ1) is 21.6. The largest absolute Gasteiger partial charge is 0.350 e. The zero-order chi connectivity index (χ0) is 21.2. The highest BCUT2D eigenvalue weighted by molar-refractivity contribution is 7.71. The molecule has 1 aliphatic heterocycles. The number of rotatable bonds is 5. The molecule has 2 heterocycles. The minimum Gasteiger partial charge on any atom is -0.350 e. The van der Waals surface area contributed by atoms with Crippen molar-refractivity contribution in [1.82, 2.24) is 34.9 Å². The number of hydrogen-bond acceptors (Lipinski definition) is 6. The van der Waals surface area contributed by atoms with Gasteiger partial charge in [0.15, 0.2) is 0 Å². The summed E-state index contributed by atoms with van der Waals surface area (Å²) < 4.78 is 4.07. The molecule has 1 aromatic carbocycles. The van der Waals surface area contributed by atoms with Crippen LogP contribution >= 0.6 is 12.2 Å². The molecule has 2 aromatic rings. The Hall–Kier alpha value is -2.10. The maximum Gasteiger partial charge on any atom is 0.234 e. The van der Waals surface area contributed by atoms with E-state index in [2.05, 4.69) is 51.5 Å². The molecule has 29 heavy (non-hydrogen) atoms. The number of amides is 1. The standard InChI is InChI=1S/C20H31N7OS/c1-15-6-7-17(16(2)12-15)27-19(29)26(22-23-27)14-25-10-8-24(9-11-25)13-18(28)21-20(3,4)5/h6-7,12H,8-11,13-14H2,1-5H3,(H,21,28). The van der Waals surface area contributed by atoms with Crippen LogP contribution in [0, 0.1) is 18.6 Å². The summed E-state index contributed by atoms with van der Waals surface area (Å²) in [6.07, 6.45) is 0. The van der Waals surface area contributed by atoms with Crippen LogP contribution in [0.5, 0.6) is 0 Å². The lowest BCUT2D eigenvalue weighted by molar-refractivity contribution is -0.124. The summed E-state index contributed by atoms with van der Waals surface area (Å²) in [5.41, 5.74) is 3.09. The Morgan fingerprint density at radius 2 is 1.76 bits per heavy atom. The van der Waals surface area contributed by atoms with Gasteiger partial charge >= 0.3 is 0 Å². The molecule has 0 spiro atoms. The molecule has 3 rings (SSSR count). The lowest BCUT2D eigenvalue weighted by Crippen LogP contribution is -2.51. The van der Waals surface area contributed by atoms with E-state index in [0.29, 0.717) is 18.0 Å². The molecule has 0 bridgehead atoms. The van der Waals surface area contributed by atoms with Gasteiger partial charge < -0.3 is 5.32 Å². The molecule has 0 saturated carbocycles. The average Bonchev–Trinajstić information content (AvgIpc) is 2.96. The molecule has 1 aliphatic rings. The number of aromatic nitrogens is 4. The minimum atomic E-state index is -0.197. The van der Waals surface area contributed by atoms with Crippen LogP contribution in [-0.2, 0) is 11.5 Å². The van der Waals surface area contributed by atoms with Crippen molar-refractivity contribution in [2.24, 2.45) is 0 Å². The van der Waals surface area contributed by atoms with Crippen LogP contribution in [0.3, 0.4) is 0 Å². The number of nitrogens with one attached hydrogen (secondary N) is 1. The van der Waals surface area contributed by atoms with E-state index in [9.17, 15) is 4.79 Å². The molecule has 1 saturated heterocycles. The first-order valence-electron chi connectivity index (χ1n) is 9.98. The highest BCUT2D eigenvalue weighted by Crippen LogP contribution is 2.15. The molecule has 8 nitrogen and oxygen atoms in total. The topological polar surface area (TPSA) is 71.2 Å². The van der Waals surface area contributed by atoms with Crippen LogP contribution in [0.25, 0.3) is 5.69 Å². The van der Waals surface area contributed by atoms with Crippen molar-refractivity contribution in [1.29, 1.82) is 0 Å². The van der Waals surface area contributed by atoms with Gasteiger partial charge in [0, 0.05) is 31.7 Å². The number of hydrogen-bond donors (Lipinski definition) is 1. The molecule has 0 unspecified atom stereocenters. The third kappa shape index (κ3) is 5.71. The minimum absolute atomic E-state index is 0.0737. The second kappa shape index (κ2) is 8.73. The van der Waals surface area contributed by atoms with E-state index in [1.807, 2.05) is 26.8 Å². The molecule has 158 valence electrons. The van der Waals surface area contributed by atoms with Crippen molar-refractivity contribution in [2.75, 3.05) is 32.7 Å². The highest BCUT2D eigenvalue weighted by atomic mass is 32.1. The first-order valence-corrected chi connectivity index (χ1v) is 10.4. The average molecular weight is 418 g/mol. The summed E-state index contributed by atoms with van der Waals surface area (Å²) in [5, 5.41) is 11.5. The van der Waals surface area contributed by atoms with Gasteiger partial charge in [-0.15, -0.1) is 0 Å². The van der Waals surface area contributed by atoms with E-state index in [1.165, 1.54) is 5.56 Å². The van der Waals surface area contributed by atoms with Crippen molar-refractivity contribution in [3.8, 4) is 5.69 Å². The predicted octanol–water partition coefficient (Wildman–Crippen LogP) is 1.90. The zero-order valence-electron chi connectivity index (χ0n) is 18.0. The quantitative estimate of drug-likeness (QED) is 0.750. The smallest absolute Gasteiger partial charge is 0.234 e. The predicted molar refractivity (Wildman–Crippen MR) is 116 cm³/mol. The van der Waals surface area contributed by atoms with Gasteiger partial charge in [-0.05, 0) is 68.9 Å². The number of piperazine rings is 1. The van der Waals surface area contributed by atoms with Crippen LogP contribution in [-0.4, -0.2) is 73.8 Å². The Morgan fingerprint density at radius 3 is 2.38 bits per heavy atom. The monoisotopic (exact) mass is 417 g/mol. The lowest BCUT2D eigenvalue weighted by Gasteiger charge is -2.34. The van der Waals surface area contributed by atoms with Crippen molar-refractivity contribution in [3.63, 3.8) is 0 Å². The second-order valence-corrected chi connectivity index (χ2v) is 9.16. The van der Waals surface area contributed by atoms with Crippen molar-refractivity contribution < 1.29 is 4.79 Å². The van der Waals surface area contributed by atoms with Crippen LogP contribution in [0.1, 0.15) is 31.9 Å². The molecule has 1 aromatic heterocycles. The van der Waals surface area contributed by atoms with Crippen LogP contribution in [0.4, 0.5) is 0 Å². The van der Waals surface area contributed by atoms with E-state index < -0.39 is 0 Å². The number of carbonyl (C=O) groups excluding carboxylic acids is 1. The summed E-state index contributed by atoms with van der Waals surface area (Å²) in [7, 11) is 0. The summed E-state index contributed by atoms with van der Waals surface area (Å²) in [6, 6.07) is 6.20. The molecule has 0 atom stereocenters. The van der Waals surface area contributed by atoms with E-state index in [4.69, 9.17) is 12.2 Å². The molecule has 1 fully saturated rings. The van der Waals surface area contributed by atoms with Gasteiger partial charge in [-0.1, -0.05) is 17.7 Å². The van der Waals surface area contributed by atoms with Gasteiger partial charge in [0.1, 0.15) is 0 Å². The number of carbonyl (C=O) groups is 1. The Balaban J connectivity index is 1.57. The Bertz CT molecular complexity index is 920. The fraction of sp³-hybridized carbons (Fsp3) is 0.600. The SMILES string of the molecule is Cc1ccc(-n2nnn(CN3CCN(CC(=O)NC(C)(C)C)CC3)c2=S)c(C)c1. The number of nitrogens with zero attached hydrogens (tertiary/aromatic N) is 6.